The highest BCUT2D eigenvalue weighted by Gasteiger charge is 2.24. The Bertz CT molecular complexity index is 619. The first-order valence-electron chi connectivity index (χ1n) is 7.79. The number of nitrogens with zero attached hydrogens (tertiary/aromatic N) is 3. The Morgan fingerprint density at radius 1 is 1.24 bits per heavy atom. The molecule has 2 heterocycles. The molecule has 1 N–H and O–H groups in total. The molecule has 0 bridgehead atoms. The molecule has 21 heavy (non-hydrogen) atoms. The Morgan fingerprint density at radius 2 is 1.95 bits per heavy atom. The first-order valence-corrected chi connectivity index (χ1v) is 7.79. The summed E-state index contributed by atoms with van der Waals surface area (Å²) in [6.45, 7) is 9.78. The van der Waals surface area contributed by atoms with Gasteiger partial charge in [-0.15, -0.1) is 0 Å². The molecule has 1 aliphatic heterocycles. The van der Waals surface area contributed by atoms with Crippen LogP contribution >= 0.6 is 0 Å². The SMILES string of the molecule is CCc1nc2n(n1)C(c1ccc(C(C)(C)C)cc1)CCN2. The predicted octanol–water partition coefficient (Wildman–Crippen LogP) is 3.54. The van der Waals surface area contributed by atoms with Crippen molar-refractivity contribution < 1.29 is 0 Å². The number of aromatic nitrogens is 3. The van der Waals surface area contributed by atoms with Crippen LogP contribution < -0.4 is 5.32 Å². The van der Waals surface area contributed by atoms with Gasteiger partial charge in [0.15, 0.2) is 5.82 Å². The molecule has 4 nitrogen and oxygen atoms in total. The standard InChI is InChI=1S/C17H24N4/c1-5-15-19-16-18-11-10-14(21(16)20-15)12-6-8-13(9-7-12)17(2,3)4/h6-9,14H,5,10-11H2,1-4H3,(H,18,19,20). The lowest BCUT2D eigenvalue weighted by Gasteiger charge is -2.26. The summed E-state index contributed by atoms with van der Waals surface area (Å²) < 4.78 is 2.05. The smallest absolute Gasteiger partial charge is 0.221 e. The summed E-state index contributed by atoms with van der Waals surface area (Å²) in [6.07, 6.45) is 1.92. The zero-order chi connectivity index (χ0) is 15.0. The number of benzene rings is 1. The van der Waals surface area contributed by atoms with Crippen molar-refractivity contribution in [1.82, 2.24) is 14.8 Å². The molecule has 1 atom stereocenters. The fraction of sp³-hybridized carbons (Fsp3) is 0.529. The van der Waals surface area contributed by atoms with E-state index in [-0.39, 0.29) is 5.41 Å². The van der Waals surface area contributed by atoms with Gasteiger partial charge in [-0.3, -0.25) is 0 Å². The highest BCUT2D eigenvalue weighted by Crippen LogP contribution is 2.30. The average molecular weight is 284 g/mol. The van der Waals surface area contributed by atoms with Crippen LogP contribution in [0.2, 0.25) is 0 Å². The Labute approximate surface area is 126 Å². The molecule has 1 unspecified atom stereocenters. The zero-order valence-electron chi connectivity index (χ0n) is 13.3. The maximum Gasteiger partial charge on any atom is 0.221 e. The van der Waals surface area contributed by atoms with Crippen molar-refractivity contribution in [2.75, 3.05) is 11.9 Å². The molecule has 1 aliphatic rings. The van der Waals surface area contributed by atoms with E-state index in [0.29, 0.717) is 6.04 Å². The van der Waals surface area contributed by atoms with E-state index in [1.807, 2.05) is 0 Å². The van der Waals surface area contributed by atoms with Crippen LogP contribution in [0, 0.1) is 0 Å². The van der Waals surface area contributed by atoms with Gasteiger partial charge in [-0.1, -0.05) is 52.0 Å². The van der Waals surface area contributed by atoms with E-state index in [1.165, 1.54) is 11.1 Å². The van der Waals surface area contributed by atoms with Gasteiger partial charge in [-0.2, -0.15) is 10.1 Å². The number of aryl methyl sites for hydroxylation is 1. The van der Waals surface area contributed by atoms with Gasteiger partial charge in [-0.05, 0) is 23.0 Å². The third kappa shape index (κ3) is 2.67. The molecule has 112 valence electrons. The van der Waals surface area contributed by atoms with Gasteiger partial charge in [-0.25, -0.2) is 4.68 Å². The summed E-state index contributed by atoms with van der Waals surface area (Å²) in [5.74, 6) is 1.82. The number of rotatable bonds is 2. The number of hydrogen-bond donors (Lipinski definition) is 1. The van der Waals surface area contributed by atoms with Gasteiger partial charge in [0.2, 0.25) is 5.95 Å². The summed E-state index contributed by atoms with van der Waals surface area (Å²) in [7, 11) is 0. The molecule has 0 fully saturated rings. The topological polar surface area (TPSA) is 42.7 Å². The summed E-state index contributed by atoms with van der Waals surface area (Å²) >= 11 is 0. The van der Waals surface area contributed by atoms with Crippen LogP contribution in [0.4, 0.5) is 5.95 Å². The van der Waals surface area contributed by atoms with Gasteiger partial charge in [0, 0.05) is 13.0 Å². The van der Waals surface area contributed by atoms with Crippen LogP contribution in [0.3, 0.4) is 0 Å². The normalized spacial score (nSPS) is 18.2. The Balaban J connectivity index is 1.93. The summed E-state index contributed by atoms with van der Waals surface area (Å²) in [6, 6.07) is 9.27. The molecule has 1 aromatic carbocycles. The maximum absolute atomic E-state index is 4.64. The fourth-order valence-corrected chi connectivity index (χ4v) is 2.81. The minimum Gasteiger partial charge on any atom is -0.354 e. The minimum atomic E-state index is 0.195. The van der Waals surface area contributed by atoms with Crippen LogP contribution in [0.25, 0.3) is 0 Å². The third-order valence-corrected chi connectivity index (χ3v) is 4.15. The Hall–Kier alpha value is -1.84. The monoisotopic (exact) mass is 284 g/mol. The van der Waals surface area contributed by atoms with Gasteiger partial charge < -0.3 is 5.32 Å². The lowest BCUT2D eigenvalue weighted by atomic mass is 9.86. The first kappa shape index (κ1) is 14.1. The predicted molar refractivity (Wildman–Crippen MR) is 85.8 cm³/mol. The first-order chi connectivity index (χ1) is 9.99. The number of anilines is 1. The van der Waals surface area contributed by atoms with E-state index in [4.69, 9.17) is 0 Å². The molecule has 0 spiro atoms. The van der Waals surface area contributed by atoms with Crippen LogP contribution in [0.15, 0.2) is 24.3 Å². The molecule has 0 amide bonds. The molecule has 4 heteroatoms. The molecular weight excluding hydrogens is 260 g/mol. The summed E-state index contributed by atoms with van der Waals surface area (Å²) in [5, 5.41) is 7.98. The zero-order valence-corrected chi connectivity index (χ0v) is 13.3. The average Bonchev–Trinajstić information content (AvgIpc) is 2.89. The lowest BCUT2D eigenvalue weighted by Crippen LogP contribution is -2.24. The van der Waals surface area contributed by atoms with Crippen molar-refractivity contribution in [3.05, 3.63) is 41.2 Å². The molecule has 3 rings (SSSR count). The minimum absolute atomic E-state index is 0.195. The van der Waals surface area contributed by atoms with Crippen molar-refractivity contribution >= 4 is 5.95 Å². The summed E-state index contributed by atoms with van der Waals surface area (Å²) in [4.78, 5) is 4.54. The van der Waals surface area contributed by atoms with Gasteiger partial charge in [0.25, 0.3) is 0 Å². The van der Waals surface area contributed by atoms with Crippen molar-refractivity contribution in [1.29, 1.82) is 0 Å². The highest BCUT2D eigenvalue weighted by molar-refractivity contribution is 5.35. The second-order valence-corrected chi connectivity index (χ2v) is 6.75. The van der Waals surface area contributed by atoms with E-state index < -0.39 is 0 Å². The second-order valence-electron chi connectivity index (χ2n) is 6.75. The molecule has 0 saturated heterocycles. The molecule has 0 radical (unpaired) electrons. The van der Waals surface area contributed by atoms with Crippen molar-refractivity contribution in [2.24, 2.45) is 0 Å². The van der Waals surface area contributed by atoms with Gasteiger partial charge in [0.1, 0.15) is 0 Å². The number of hydrogen-bond acceptors (Lipinski definition) is 3. The van der Waals surface area contributed by atoms with Crippen molar-refractivity contribution in [3.8, 4) is 0 Å². The number of nitrogens with one attached hydrogen (secondary N) is 1. The van der Waals surface area contributed by atoms with E-state index in [9.17, 15) is 0 Å². The Kier molecular flexibility index (Phi) is 3.47. The molecular formula is C17H24N4. The van der Waals surface area contributed by atoms with Crippen molar-refractivity contribution in [3.63, 3.8) is 0 Å². The Morgan fingerprint density at radius 3 is 2.57 bits per heavy atom. The van der Waals surface area contributed by atoms with Crippen molar-refractivity contribution in [2.45, 2.75) is 52.0 Å². The van der Waals surface area contributed by atoms with E-state index in [0.717, 1.165) is 31.2 Å². The third-order valence-electron chi connectivity index (χ3n) is 4.15. The summed E-state index contributed by atoms with van der Waals surface area (Å²) in [5.41, 5.74) is 2.88. The highest BCUT2D eigenvalue weighted by atomic mass is 15.4. The lowest BCUT2D eigenvalue weighted by molar-refractivity contribution is 0.477. The van der Waals surface area contributed by atoms with Crippen LogP contribution in [-0.2, 0) is 11.8 Å². The van der Waals surface area contributed by atoms with E-state index in [2.05, 4.69) is 72.0 Å². The molecule has 0 saturated carbocycles. The van der Waals surface area contributed by atoms with Crippen LogP contribution in [0.5, 0.6) is 0 Å². The van der Waals surface area contributed by atoms with E-state index in [1.54, 1.807) is 0 Å². The fourth-order valence-electron chi connectivity index (χ4n) is 2.81. The van der Waals surface area contributed by atoms with Crippen LogP contribution in [0.1, 0.15) is 57.1 Å². The second kappa shape index (κ2) is 5.17. The van der Waals surface area contributed by atoms with Gasteiger partial charge >= 0.3 is 0 Å². The molecule has 0 aliphatic carbocycles. The molecule has 2 aromatic rings. The van der Waals surface area contributed by atoms with Crippen LogP contribution in [-0.4, -0.2) is 21.3 Å². The number of fused-ring (bicyclic) bond motifs is 1. The van der Waals surface area contributed by atoms with Gasteiger partial charge in [0.05, 0.1) is 6.04 Å². The quantitative estimate of drug-likeness (QED) is 0.917. The maximum atomic E-state index is 4.64. The van der Waals surface area contributed by atoms with E-state index >= 15 is 0 Å². The largest absolute Gasteiger partial charge is 0.354 e. The molecule has 1 aromatic heterocycles.